The van der Waals surface area contributed by atoms with Crippen LogP contribution in [-0.4, -0.2) is 22.5 Å². The van der Waals surface area contributed by atoms with Gasteiger partial charge in [-0.1, -0.05) is 164 Å². The molecule has 0 aliphatic carbocycles. The van der Waals surface area contributed by atoms with Crippen LogP contribution in [0.25, 0.3) is 98.8 Å². The lowest BCUT2D eigenvalue weighted by molar-refractivity contribution is 0.112. The van der Waals surface area contributed by atoms with Crippen molar-refractivity contribution in [3.05, 3.63) is 218 Å². The largest absolute Gasteiger partial charge is 0.343 e. The summed E-state index contributed by atoms with van der Waals surface area (Å²) in [4.78, 5) is 14.6. The minimum Gasteiger partial charge on any atom is -0.343 e. The van der Waals surface area contributed by atoms with Gasteiger partial charge in [0, 0.05) is 67.6 Å². The van der Waals surface area contributed by atoms with E-state index in [1.54, 1.807) is 0 Å². The van der Waals surface area contributed by atoms with Gasteiger partial charge in [0.25, 0.3) is 0 Å². The summed E-state index contributed by atoms with van der Waals surface area (Å²) in [6.45, 7) is 0. The molecule has 4 nitrogen and oxygen atoms in total. The Morgan fingerprint density at radius 3 is 1.52 bits per heavy atom. The van der Waals surface area contributed by atoms with E-state index in [2.05, 4.69) is 203 Å². The molecule has 0 fully saturated rings. The molecule has 0 bridgehead atoms. The van der Waals surface area contributed by atoms with Crippen molar-refractivity contribution in [3.63, 3.8) is 0 Å². The number of aromatic nitrogens is 2. The van der Waals surface area contributed by atoms with Crippen molar-refractivity contribution >= 4 is 82.8 Å². The summed E-state index contributed by atoms with van der Waals surface area (Å²) in [7, 11) is 2.15. The van der Waals surface area contributed by atoms with E-state index in [-0.39, 0.29) is 0 Å². The standard InChI is InChI=1S/C58H39N3O/c1-59(52-30-16-14-24-43(52)42-23-9-8-18-39(42)37-62)56-47-28-12-10-26-45(47)55(46-27-11-13-29-48(46)56)38-32-35-54-51(36-38)50-34-33-49-44-25-15-17-31-53(44)60(40-19-4-2-5-20-40)57(49)58(50)61(54)41-21-6-3-7-22-41/h2-37H,1H3. The van der Waals surface area contributed by atoms with Crippen molar-refractivity contribution in [1.82, 2.24) is 9.13 Å². The van der Waals surface area contributed by atoms with Crippen molar-refractivity contribution < 1.29 is 4.79 Å². The highest BCUT2D eigenvalue weighted by Crippen LogP contribution is 2.48. The molecule has 12 rings (SSSR count). The Hall–Kier alpha value is -8.21. The summed E-state index contributed by atoms with van der Waals surface area (Å²) in [6.07, 6.45) is 0.950. The van der Waals surface area contributed by atoms with Crippen LogP contribution in [0.4, 0.5) is 11.4 Å². The van der Waals surface area contributed by atoms with Crippen molar-refractivity contribution in [2.75, 3.05) is 11.9 Å². The van der Waals surface area contributed by atoms with Crippen LogP contribution in [-0.2, 0) is 0 Å². The SMILES string of the molecule is CN(c1ccccc1-c1ccccc1C=O)c1c2ccccc2c(-c2ccc3c(c2)c2ccc4c5ccccc5n(-c5ccccc5)c4c2n3-c2ccccc2)c2ccccc12. The van der Waals surface area contributed by atoms with Crippen LogP contribution in [0.1, 0.15) is 10.4 Å². The third kappa shape index (κ3) is 5.30. The summed E-state index contributed by atoms with van der Waals surface area (Å²) >= 11 is 0. The molecule has 0 saturated heterocycles. The average molecular weight is 794 g/mol. The minimum atomic E-state index is 0.671. The molecule has 62 heavy (non-hydrogen) atoms. The topological polar surface area (TPSA) is 30.2 Å². The predicted molar refractivity (Wildman–Crippen MR) is 261 cm³/mol. The number of benzene rings is 10. The van der Waals surface area contributed by atoms with Gasteiger partial charge < -0.3 is 14.0 Å². The van der Waals surface area contributed by atoms with Gasteiger partial charge in [-0.15, -0.1) is 0 Å². The first-order chi connectivity index (χ1) is 30.7. The number of carbonyl (C=O) groups excluding carboxylic acids is 1. The van der Waals surface area contributed by atoms with Crippen molar-refractivity contribution in [1.29, 1.82) is 0 Å². The Labute approximate surface area is 358 Å². The number of rotatable bonds is 7. The number of hydrogen-bond donors (Lipinski definition) is 0. The first kappa shape index (κ1) is 35.7. The molecule has 0 amide bonds. The Kier molecular flexibility index (Phi) is 8.19. The molecule has 12 aromatic rings. The molecule has 292 valence electrons. The third-order valence-electron chi connectivity index (χ3n) is 12.8. The van der Waals surface area contributed by atoms with Crippen LogP contribution in [0.5, 0.6) is 0 Å². The van der Waals surface area contributed by atoms with E-state index in [9.17, 15) is 4.79 Å². The van der Waals surface area contributed by atoms with Gasteiger partial charge in [0.2, 0.25) is 0 Å². The maximum Gasteiger partial charge on any atom is 0.150 e. The number of carbonyl (C=O) groups is 1. The van der Waals surface area contributed by atoms with Crippen LogP contribution in [0.15, 0.2) is 212 Å². The number of fused-ring (bicyclic) bond motifs is 9. The maximum absolute atomic E-state index is 12.3. The van der Waals surface area contributed by atoms with Crippen molar-refractivity contribution in [3.8, 4) is 33.6 Å². The van der Waals surface area contributed by atoms with Crippen LogP contribution in [0, 0.1) is 0 Å². The highest BCUT2D eigenvalue weighted by Gasteiger charge is 2.24. The van der Waals surface area contributed by atoms with Gasteiger partial charge in [0.1, 0.15) is 0 Å². The van der Waals surface area contributed by atoms with Crippen LogP contribution in [0.2, 0.25) is 0 Å². The normalized spacial score (nSPS) is 11.7. The fraction of sp³-hybridized carbons (Fsp3) is 0.0172. The van der Waals surface area contributed by atoms with Crippen LogP contribution >= 0.6 is 0 Å². The van der Waals surface area contributed by atoms with E-state index in [0.717, 1.165) is 62.0 Å². The maximum atomic E-state index is 12.3. The van der Waals surface area contributed by atoms with Gasteiger partial charge in [0.05, 0.1) is 27.8 Å². The summed E-state index contributed by atoms with van der Waals surface area (Å²) in [5.74, 6) is 0. The molecule has 2 heterocycles. The second-order valence-corrected chi connectivity index (χ2v) is 16.0. The van der Waals surface area contributed by atoms with E-state index in [1.807, 2.05) is 30.3 Å². The zero-order valence-electron chi connectivity index (χ0n) is 34.0. The van der Waals surface area contributed by atoms with Gasteiger partial charge in [-0.2, -0.15) is 0 Å². The monoisotopic (exact) mass is 793 g/mol. The van der Waals surface area contributed by atoms with Gasteiger partial charge in [0.15, 0.2) is 6.29 Å². The second-order valence-electron chi connectivity index (χ2n) is 16.0. The van der Waals surface area contributed by atoms with Crippen molar-refractivity contribution in [2.24, 2.45) is 0 Å². The fourth-order valence-corrected chi connectivity index (χ4v) is 10.1. The molecular formula is C58H39N3O. The second kappa shape index (κ2) is 14.2. The molecule has 0 radical (unpaired) electrons. The summed E-state index contributed by atoms with van der Waals surface area (Å²) in [6, 6.07) is 75.8. The van der Waals surface area contributed by atoms with E-state index in [1.165, 1.54) is 54.4 Å². The molecule has 0 aliphatic heterocycles. The molecule has 0 spiro atoms. The molecule has 0 N–H and O–H groups in total. The third-order valence-corrected chi connectivity index (χ3v) is 12.8. The Bertz CT molecular complexity index is 3670. The first-order valence-corrected chi connectivity index (χ1v) is 21.1. The highest BCUT2D eigenvalue weighted by atomic mass is 16.1. The quantitative estimate of drug-likeness (QED) is 0.119. The van der Waals surface area contributed by atoms with E-state index < -0.39 is 0 Å². The van der Waals surface area contributed by atoms with E-state index in [0.29, 0.717) is 5.56 Å². The zero-order valence-corrected chi connectivity index (χ0v) is 34.0. The Balaban J connectivity index is 1.14. The lowest BCUT2D eigenvalue weighted by Crippen LogP contribution is -2.12. The van der Waals surface area contributed by atoms with Gasteiger partial charge >= 0.3 is 0 Å². The summed E-state index contributed by atoms with van der Waals surface area (Å²) < 4.78 is 4.90. The number of anilines is 2. The van der Waals surface area contributed by atoms with E-state index in [4.69, 9.17) is 0 Å². The molecule has 0 aliphatic rings. The zero-order chi connectivity index (χ0) is 41.3. The Morgan fingerprint density at radius 1 is 0.403 bits per heavy atom. The van der Waals surface area contributed by atoms with Crippen LogP contribution in [0.3, 0.4) is 0 Å². The molecule has 0 unspecified atom stereocenters. The Morgan fingerprint density at radius 2 is 0.887 bits per heavy atom. The van der Waals surface area contributed by atoms with Crippen molar-refractivity contribution in [2.45, 2.75) is 0 Å². The minimum absolute atomic E-state index is 0.671. The molecule has 0 atom stereocenters. The number of para-hydroxylation sites is 4. The number of hydrogen-bond acceptors (Lipinski definition) is 2. The number of nitrogens with zero attached hydrogens (tertiary/aromatic N) is 3. The molecule has 0 saturated carbocycles. The van der Waals surface area contributed by atoms with Gasteiger partial charge in [-0.05, 0) is 76.0 Å². The fourth-order valence-electron chi connectivity index (χ4n) is 10.1. The average Bonchev–Trinajstić information content (AvgIpc) is 3.86. The summed E-state index contributed by atoms with van der Waals surface area (Å²) in [5, 5.41) is 9.53. The predicted octanol–water partition coefficient (Wildman–Crippen LogP) is 15.1. The van der Waals surface area contributed by atoms with E-state index >= 15 is 0 Å². The lowest BCUT2D eigenvalue weighted by Gasteiger charge is -2.27. The number of aldehydes is 1. The lowest BCUT2D eigenvalue weighted by atomic mass is 9.89. The molecule has 4 heteroatoms. The first-order valence-electron chi connectivity index (χ1n) is 21.1. The smallest absolute Gasteiger partial charge is 0.150 e. The molecular weight excluding hydrogens is 755 g/mol. The summed E-state index contributed by atoms with van der Waals surface area (Å²) in [5.41, 5.74) is 14.1. The highest BCUT2D eigenvalue weighted by molar-refractivity contribution is 6.26. The van der Waals surface area contributed by atoms with Gasteiger partial charge in [-0.25, -0.2) is 0 Å². The van der Waals surface area contributed by atoms with Crippen LogP contribution < -0.4 is 4.90 Å². The molecule has 10 aromatic carbocycles. The van der Waals surface area contributed by atoms with Gasteiger partial charge in [-0.3, -0.25) is 4.79 Å². The molecule has 2 aromatic heterocycles.